The van der Waals surface area contributed by atoms with E-state index in [1.165, 1.54) is 24.8 Å². The molecule has 1 aromatic carbocycles. The molecule has 142 valence electrons. The van der Waals surface area contributed by atoms with Crippen LogP contribution in [0.15, 0.2) is 30.3 Å². The van der Waals surface area contributed by atoms with Crippen LogP contribution in [0.1, 0.15) is 56.4 Å². The predicted molar refractivity (Wildman–Crippen MR) is 111 cm³/mol. The first-order valence-corrected chi connectivity index (χ1v) is 11.5. The number of alkyl halides is 2. The molecular weight excluding hydrogens is 458 g/mol. The van der Waals surface area contributed by atoms with E-state index in [1.807, 2.05) is 6.07 Å². The second-order valence-corrected chi connectivity index (χ2v) is 11.9. The van der Waals surface area contributed by atoms with E-state index < -0.39 is 0 Å². The first-order chi connectivity index (χ1) is 12.6. The lowest BCUT2D eigenvalue weighted by atomic mass is 9.81. The molecule has 0 aromatic heterocycles. The van der Waals surface area contributed by atoms with Gasteiger partial charge >= 0.3 is 6.09 Å². The molecule has 3 aliphatic carbocycles. The van der Waals surface area contributed by atoms with Gasteiger partial charge in [-0.1, -0.05) is 68.6 Å². The summed E-state index contributed by atoms with van der Waals surface area (Å²) >= 11 is 7.51. The Morgan fingerprint density at radius 1 is 1.12 bits per heavy atom. The van der Waals surface area contributed by atoms with Gasteiger partial charge in [0.1, 0.15) is 6.10 Å². The molecule has 3 fully saturated rings. The molecule has 1 aromatic rings. The Morgan fingerprint density at radius 3 is 2.54 bits per heavy atom. The van der Waals surface area contributed by atoms with Crippen LogP contribution in [0.3, 0.4) is 0 Å². The monoisotopic (exact) mass is 483 g/mol. The van der Waals surface area contributed by atoms with Gasteiger partial charge in [-0.25, -0.2) is 4.79 Å². The van der Waals surface area contributed by atoms with Crippen LogP contribution in [-0.2, 0) is 4.74 Å². The van der Waals surface area contributed by atoms with E-state index in [4.69, 9.17) is 4.74 Å². The molecule has 0 saturated heterocycles. The number of alkyl carbamates (subject to hydrolysis) is 1. The van der Waals surface area contributed by atoms with E-state index in [0.29, 0.717) is 5.92 Å². The van der Waals surface area contributed by atoms with Crippen molar-refractivity contribution in [2.75, 3.05) is 6.54 Å². The third-order valence-corrected chi connectivity index (χ3v) is 8.90. The van der Waals surface area contributed by atoms with Gasteiger partial charge in [-0.2, -0.15) is 0 Å². The van der Waals surface area contributed by atoms with Crippen molar-refractivity contribution in [1.82, 2.24) is 5.32 Å². The van der Waals surface area contributed by atoms with Crippen LogP contribution in [0, 0.1) is 17.8 Å². The Bertz CT molecular complexity index is 622. The summed E-state index contributed by atoms with van der Waals surface area (Å²) in [5, 5.41) is 2.99. The molecular formula is C21H27Br2NO2. The molecule has 3 nitrogen and oxygen atoms in total. The van der Waals surface area contributed by atoms with Crippen molar-refractivity contribution in [3.8, 4) is 0 Å². The maximum atomic E-state index is 12.3. The molecule has 3 saturated carbocycles. The number of rotatable bonds is 5. The number of amides is 1. The van der Waals surface area contributed by atoms with Gasteiger partial charge in [-0.3, -0.25) is 0 Å². The number of nitrogens with one attached hydrogen (secondary N) is 1. The molecule has 0 spiro atoms. The highest BCUT2D eigenvalue weighted by Gasteiger charge is 2.65. The van der Waals surface area contributed by atoms with Crippen LogP contribution in [0.4, 0.5) is 4.79 Å². The quantitative estimate of drug-likeness (QED) is 0.522. The van der Waals surface area contributed by atoms with Gasteiger partial charge in [0.05, 0.1) is 3.23 Å². The van der Waals surface area contributed by atoms with Crippen LogP contribution in [0.25, 0.3) is 0 Å². The number of fused-ring (bicyclic) bond motifs is 1. The van der Waals surface area contributed by atoms with E-state index in [0.717, 1.165) is 50.0 Å². The van der Waals surface area contributed by atoms with Crippen LogP contribution in [-0.4, -0.2) is 22.0 Å². The van der Waals surface area contributed by atoms with Gasteiger partial charge in [0.15, 0.2) is 0 Å². The molecule has 1 unspecified atom stereocenters. The van der Waals surface area contributed by atoms with Crippen molar-refractivity contribution in [1.29, 1.82) is 0 Å². The van der Waals surface area contributed by atoms with Gasteiger partial charge in [-0.15, -0.1) is 0 Å². The van der Waals surface area contributed by atoms with Crippen molar-refractivity contribution in [3.05, 3.63) is 35.9 Å². The second-order valence-electron chi connectivity index (χ2n) is 8.19. The fourth-order valence-corrected chi connectivity index (χ4v) is 6.79. The van der Waals surface area contributed by atoms with Gasteiger partial charge < -0.3 is 10.1 Å². The highest BCUT2D eigenvalue weighted by Crippen LogP contribution is 2.70. The summed E-state index contributed by atoms with van der Waals surface area (Å²) in [4.78, 5) is 12.3. The highest BCUT2D eigenvalue weighted by molar-refractivity contribution is 9.25. The van der Waals surface area contributed by atoms with E-state index in [1.54, 1.807) is 0 Å². The summed E-state index contributed by atoms with van der Waals surface area (Å²) in [7, 11) is 0. The minimum Gasteiger partial charge on any atom is -0.446 e. The van der Waals surface area contributed by atoms with Gasteiger partial charge in [0, 0.05) is 12.5 Å². The van der Waals surface area contributed by atoms with Crippen LogP contribution in [0.2, 0.25) is 0 Å². The van der Waals surface area contributed by atoms with Crippen LogP contribution < -0.4 is 5.32 Å². The highest BCUT2D eigenvalue weighted by atomic mass is 79.9. The largest absolute Gasteiger partial charge is 0.446 e. The Hall–Kier alpha value is -0.550. The number of halogens is 2. The van der Waals surface area contributed by atoms with Crippen molar-refractivity contribution >= 4 is 38.0 Å². The van der Waals surface area contributed by atoms with E-state index in [9.17, 15) is 4.79 Å². The zero-order chi connectivity index (χ0) is 18.1. The summed E-state index contributed by atoms with van der Waals surface area (Å²) in [5.41, 5.74) is 1.29. The number of hydrogen-bond donors (Lipinski definition) is 1. The number of carbonyl (C=O) groups excluding carboxylic acids is 1. The molecule has 0 bridgehead atoms. The summed E-state index contributed by atoms with van der Waals surface area (Å²) in [6.07, 6.45) is 7.79. The van der Waals surface area contributed by atoms with Crippen LogP contribution in [0.5, 0.6) is 0 Å². The number of hydrogen-bond acceptors (Lipinski definition) is 2. The van der Waals surface area contributed by atoms with Crippen molar-refractivity contribution in [3.63, 3.8) is 0 Å². The number of ether oxygens (including phenoxy) is 1. The summed E-state index contributed by atoms with van der Waals surface area (Å²) in [6.45, 7) is 0.725. The summed E-state index contributed by atoms with van der Waals surface area (Å²) < 4.78 is 6.04. The normalized spacial score (nSPS) is 34.8. The minimum absolute atomic E-state index is 0.00712. The van der Waals surface area contributed by atoms with E-state index >= 15 is 0 Å². The third kappa shape index (κ3) is 3.99. The van der Waals surface area contributed by atoms with Crippen molar-refractivity contribution in [2.45, 2.75) is 60.2 Å². The lowest BCUT2D eigenvalue weighted by Crippen LogP contribution is -2.34. The molecule has 5 atom stereocenters. The van der Waals surface area contributed by atoms with Crippen molar-refractivity contribution in [2.24, 2.45) is 17.8 Å². The standard InChI is InChI=1S/C21H27Br2NO2/c22-21(23)17-12-14(13-18(17)21)10-11-24-20(25)26-19-9-5-4-8-16(19)15-6-2-1-3-7-15/h1-3,6-7,14,16-19H,4-5,8-13H2,(H,24,25)/t14?,16-,17-,18+,19+/m0/s1. The summed E-state index contributed by atoms with van der Waals surface area (Å²) in [6, 6.07) is 10.5. The molecule has 3 aliphatic rings. The van der Waals surface area contributed by atoms with Gasteiger partial charge in [0.25, 0.3) is 0 Å². The predicted octanol–water partition coefficient (Wildman–Crippen LogP) is 5.97. The fraction of sp³-hybridized carbons (Fsp3) is 0.667. The molecule has 0 radical (unpaired) electrons. The molecule has 5 heteroatoms. The number of benzene rings is 1. The second kappa shape index (κ2) is 7.83. The SMILES string of the molecule is O=C(NCCC1C[C@@H]2[C@H](C1)C2(Br)Br)O[C@@H]1CCCC[C@H]1c1ccccc1. The smallest absolute Gasteiger partial charge is 0.407 e. The molecule has 1 N–H and O–H groups in total. The lowest BCUT2D eigenvalue weighted by Gasteiger charge is -2.31. The molecule has 0 heterocycles. The van der Waals surface area contributed by atoms with Gasteiger partial charge in [-0.05, 0) is 61.8 Å². The zero-order valence-corrected chi connectivity index (χ0v) is 18.2. The van der Waals surface area contributed by atoms with Crippen LogP contribution >= 0.6 is 31.9 Å². The molecule has 0 aliphatic heterocycles. The maximum Gasteiger partial charge on any atom is 0.407 e. The number of carbonyl (C=O) groups is 1. The Kier molecular flexibility index (Phi) is 5.66. The van der Waals surface area contributed by atoms with Crippen molar-refractivity contribution < 1.29 is 9.53 Å². The summed E-state index contributed by atoms with van der Waals surface area (Å²) in [5.74, 6) is 2.62. The molecule has 1 amide bonds. The molecule has 26 heavy (non-hydrogen) atoms. The third-order valence-electron chi connectivity index (χ3n) is 6.55. The first-order valence-electron chi connectivity index (χ1n) is 9.93. The zero-order valence-electron chi connectivity index (χ0n) is 15.0. The minimum atomic E-state index is -0.240. The van der Waals surface area contributed by atoms with E-state index in [2.05, 4.69) is 61.4 Å². The topological polar surface area (TPSA) is 38.3 Å². The average Bonchev–Trinajstić information content (AvgIpc) is 2.99. The Labute approximate surface area is 172 Å². The fourth-order valence-electron chi connectivity index (χ4n) is 5.03. The Morgan fingerprint density at radius 2 is 1.81 bits per heavy atom. The van der Waals surface area contributed by atoms with Gasteiger partial charge in [0.2, 0.25) is 0 Å². The maximum absolute atomic E-state index is 12.3. The first kappa shape index (κ1) is 18.8. The lowest BCUT2D eigenvalue weighted by molar-refractivity contribution is 0.0608. The van der Waals surface area contributed by atoms with E-state index in [-0.39, 0.29) is 15.4 Å². The average molecular weight is 485 g/mol. The molecule has 4 rings (SSSR count). The Balaban J connectivity index is 1.21.